The third-order valence-electron chi connectivity index (χ3n) is 0.770. The van der Waals surface area contributed by atoms with Crippen LogP contribution in [0.15, 0.2) is 24.8 Å². The van der Waals surface area contributed by atoms with Gasteiger partial charge in [-0.25, -0.2) is 4.79 Å². The van der Waals surface area contributed by atoms with Crippen molar-refractivity contribution in [1.82, 2.24) is 0 Å². The SMILES string of the molecule is C=C.CC=C(C)C(=O)O. The van der Waals surface area contributed by atoms with Gasteiger partial charge in [-0.1, -0.05) is 6.08 Å². The Morgan fingerprint density at radius 1 is 1.56 bits per heavy atom. The Kier molecular flexibility index (Phi) is 8.38. The highest BCUT2D eigenvalue weighted by Gasteiger charge is 1.93. The minimum Gasteiger partial charge on any atom is -0.478 e. The number of allylic oxidation sites excluding steroid dienone is 1. The fraction of sp³-hybridized carbons (Fsp3) is 0.286. The van der Waals surface area contributed by atoms with Crippen LogP contribution in [-0.2, 0) is 4.79 Å². The zero-order valence-electron chi connectivity index (χ0n) is 5.85. The molecule has 0 aromatic rings. The summed E-state index contributed by atoms with van der Waals surface area (Å²) in [7, 11) is 0. The summed E-state index contributed by atoms with van der Waals surface area (Å²) < 4.78 is 0. The second-order valence-electron chi connectivity index (χ2n) is 1.28. The number of rotatable bonds is 1. The van der Waals surface area contributed by atoms with E-state index in [-0.39, 0.29) is 0 Å². The van der Waals surface area contributed by atoms with Crippen LogP contribution >= 0.6 is 0 Å². The largest absolute Gasteiger partial charge is 0.478 e. The van der Waals surface area contributed by atoms with Gasteiger partial charge in [-0.05, 0) is 13.8 Å². The molecule has 0 unspecified atom stereocenters. The van der Waals surface area contributed by atoms with Crippen LogP contribution in [0.25, 0.3) is 0 Å². The third kappa shape index (κ3) is 6.95. The zero-order chi connectivity index (χ0) is 7.86. The van der Waals surface area contributed by atoms with Crippen LogP contribution in [0.3, 0.4) is 0 Å². The second kappa shape index (κ2) is 6.95. The van der Waals surface area contributed by atoms with Crippen molar-refractivity contribution in [3.05, 3.63) is 24.8 Å². The zero-order valence-corrected chi connectivity index (χ0v) is 5.85. The molecule has 0 spiro atoms. The minimum atomic E-state index is -0.845. The lowest BCUT2D eigenvalue weighted by atomic mass is 10.3. The molecular formula is C7H12O2. The lowest BCUT2D eigenvalue weighted by Gasteiger charge is -1.84. The fourth-order valence-corrected chi connectivity index (χ4v) is 0.123. The van der Waals surface area contributed by atoms with Gasteiger partial charge >= 0.3 is 5.97 Å². The lowest BCUT2D eigenvalue weighted by molar-refractivity contribution is -0.132. The Morgan fingerprint density at radius 2 is 1.89 bits per heavy atom. The normalized spacial score (nSPS) is 9.33. The predicted molar refractivity (Wildman–Crippen MR) is 38.3 cm³/mol. The van der Waals surface area contributed by atoms with E-state index in [0.717, 1.165) is 0 Å². The number of carboxylic acids is 1. The maximum Gasteiger partial charge on any atom is 0.330 e. The Labute approximate surface area is 55.5 Å². The fourth-order valence-electron chi connectivity index (χ4n) is 0.123. The summed E-state index contributed by atoms with van der Waals surface area (Å²) >= 11 is 0. The molecule has 0 rings (SSSR count). The molecule has 0 amide bonds. The van der Waals surface area contributed by atoms with E-state index in [0.29, 0.717) is 5.57 Å². The molecule has 9 heavy (non-hydrogen) atoms. The maximum absolute atomic E-state index is 9.86. The molecule has 0 saturated heterocycles. The lowest BCUT2D eigenvalue weighted by Crippen LogP contribution is -1.93. The quantitative estimate of drug-likeness (QED) is 0.432. The van der Waals surface area contributed by atoms with Gasteiger partial charge in [-0.2, -0.15) is 0 Å². The summed E-state index contributed by atoms with van der Waals surface area (Å²) in [4.78, 5) is 9.86. The molecule has 0 radical (unpaired) electrons. The first kappa shape index (κ1) is 10.8. The number of carboxylic acid groups (broad SMARTS) is 1. The minimum absolute atomic E-state index is 0.389. The molecule has 0 heterocycles. The molecule has 52 valence electrons. The molecule has 2 heteroatoms. The van der Waals surface area contributed by atoms with Crippen molar-refractivity contribution in [2.75, 3.05) is 0 Å². The average Bonchev–Trinajstić information content (AvgIpc) is 1.91. The van der Waals surface area contributed by atoms with Gasteiger partial charge in [0.05, 0.1) is 0 Å². The molecular weight excluding hydrogens is 116 g/mol. The smallest absolute Gasteiger partial charge is 0.330 e. The van der Waals surface area contributed by atoms with Gasteiger partial charge < -0.3 is 5.11 Å². The second-order valence-corrected chi connectivity index (χ2v) is 1.28. The molecule has 0 atom stereocenters. The molecule has 0 saturated carbocycles. The van der Waals surface area contributed by atoms with Crippen LogP contribution in [-0.4, -0.2) is 11.1 Å². The Balaban J connectivity index is 0. The molecule has 0 bridgehead atoms. The van der Waals surface area contributed by atoms with Crippen molar-refractivity contribution < 1.29 is 9.90 Å². The summed E-state index contributed by atoms with van der Waals surface area (Å²) in [5.41, 5.74) is 0.389. The van der Waals surface area contributed by atoms with Crippen LogP contribution < -0.4 is 0 Å². The first-order valence-electron chi connectivity index (χ1n) is 2.54. The highest BCUT2D eigenvalue weighted by Crippen LogP contribution is 1.87. The van der Waals surface area contributed by atoms with Crippen LogP contribution in [0.1, 0.15) is 13.8 Å². The van der Waals surface area contributed by atoms with Crippen LogP contribution in [0.2, 0.25) is 0 Å². The molecule has 0 aliphatic carbocycles. The van der Waals surface area contributed by atoms with E-state index >= 15 is 0 Å². The average molecular weight is 128 g/mol. The summed E-state index contributed by atoms with van der Waals surface area (Å²) in [6, 6.07) is 0. The highest BCUT2D eigenvalue weighted by molar-refractivity contribution is 5.85. The van der Waals surface area contributed by atoms with Gasteiger partial charge in [-0.15, -0.1) is 13.2 Å². The summed E-state index contributed by atoms with van der Waals surface area (Å²) in [6.07, 6.45) is 1.56. The van der Waals surface area contributed by atoms with E-state index in [1.807, 2.05) is 0 Å². The summed E-state index contributed by atoms with van der Waals surface area (Å²) in [6.45, 7) is 9.26. The maximum atomic E-state index is 9.86. The standard InChI is InChI=1S/C5H8O2.C2H4/c1-3-4(2)5(6)7;1-2/h3H,1-2H3,(H,6,7);1-2H2. The van der Waals surface area contributed by atoms with E-state index in [2.05, 4.69) is 13.2 Å². The van der Waals surface area contributed by atoms with Gasteiger partial charge in [0.15, 0.2) is 0 Å². The monoisotopic (exact) mass is 128 g/mol. The van der Waals surface area contributed by atoms with Crippen LogP contribution in [0.4, 0.5) is 0 Å². The van der Waals surface area contributed by atoms with Crippen molar-refractivity contribution in [2.24, 2.45) is 0 Å². The third-order valence-corrected chi connectivity index (χ3v) is 0.770. The van der Waals surface area contributed by atoms with Crippen LogP contribution in [0, 0.1) is 0 Å². The number of hydrogen-bond acceptors (Lipinski definition) is 1. The Morgan fingerprint density at radius 3 is 1.89 bits per heavy atom. The molecule has 2 nitrogen and oxygen atoms in total. The topological polar surface area (TPSA) is 37.3 Å². The van der Waals surface area contributed by atoms with Crippen molar-refractivity contribution in [3.8, 4) is 0 Å². The van der Waals surface area contributed by atoms with E-state index in [1.54, 1.807) is 19.9 Å². The highest BCUT2D eigenvalue weighted by atomic mass is 16.4. The predicted octanol–water partition coefficient (Wildman–Crippen LogP) is 1.84. The number of aliphatic carboxylic acids is 1. The number of carbonyl (C=O) groups is 1. The summed E-state index contributed by atoms with van der Waals surface area (Å²) in [5, 5.41) is 8.11. The van der Waals surface area contributed by atoms with Gasteiger partial charge in [0.2, 0.25) is 0 Å². The van der Waals surface area contributed by atoms with Crippen LogP contribution in [0.5, 0.6) is 0 Å². The van der Waals surface area contributed by atoms with E-state index in [4.69, 9.17) is 5.11 Å². The van der Waals surface area contributed by atoms with Crippen molar-refractivity contribution >= 4 is 5.97 Å². The Hall–Kier alpha value is -1.05. The van der Waals surface area contributed by atoms with Crippen molar-refractivity contribution in [3.63, 3.8) is 0 Å². The molecule has 0 aliphatic rings. The molecule has 0 aromatic carbocycles. The first-order valence-corrected chi connectivity index (χ1v) is 2.54. The number of hydrogen-bond donors (Lipinski definition) is 1. The summed E-state index contributed by atoms with van der Waals surface area (Å²) in [5.74, 6) is -0.845. The molecule has 0 fully saturated rings. The van der Waals surface area contributed by atoms with Gasteiger partial charge in [0, 0.05) is 5.57 Å². The van der Waals surface area contributed by atoms with E-state index in [1.165, 1.54) is 0 Å². The first-order chi connectivity index (χ1) is 4.18. The van der Waals surface area contributed by atoms with Gasteiger partial charge in [-0.3, -0.25) is 0 Å². The Bertz CT molecular complexity index is 114. The molecule has 0 aromatic heterocycles. The van der Waals surface area contributed by atoms with Crippen molar-refractivity contribution in [1.29, 1.82) is 0 Å². The van der Waals surface area contributed by atoms with Gasteiger partial charge in [0.25, 0.3) is 0 Å². The molecule has 0 aliphatic heterocycles. The van der Waals surface area contributed by atoms with Gasteiger partial charge in [0.1, 0.15) is 0 Å². The van der Waals surface area contributed by atoms with E-state index in [9.17, 15) is 4.79 Å². The molecule has 1 N–H and O–H groups in total. The van der Waals surface area contributed by atoms with Crippen molar-refractivity contribution in [2.45, 2.75) is 13.8 Å². The van der Waals surface area contributed by atoms with E-state index < -0.39 is 5.97 Å².